The minimum atomic E-state index is -0.539. The van der Waals surface area contributed by atoms with Crippen LogP contribution < -0.4 is 10.1 Å². The van der Waals surface area contributed by atoms with Gasteiger partial charge in [-0.1, -0.05) is 12.1 Å². The minimum Gasteiger partial charge on any atom is -0.467 e. The van der Waals surface area contributed by atoms with Gasteiger partial charge in [-0.25, -0.2) is 0 Å². The van der Waals surface area contributed by atoms with Crippen LogP contribution in [0.25, 0.3) is 6.08 Å². The molecule has 0 aromatic heterocycles. The van der Waals surface area contributed by atoms with Gasteiger partial charge in [0.15, 0.2) is 6.79 Å². The molecule has 1 aliphatic heterocycles. The number of nitrogens with zero attached hydrogens (tertiary/aromatic N) is 1. The first kappa shape index (κ1) is 19.6. The van der Waals surface area contributed by atoms with E-state index in [0.717, 1.165) is 10.5 Å². The van der Waals surface area contributed by atoms with Gasteiger partial charge in [-0.05, 0) is 30.2 Å². The second-order valence-electron chi connectivity index (χ2n) is 5.70. The van der Waals surface area contributed by atoms with Crippen LogP contribution >= 0.6 is 0 Å². The predicted octanol–water partition coefficient (Wildman–Crippen LogP) is 0.840. The van der Waals surface area contributed by atoms with E-state index in [2.05, 4.69) is 5.32 Å². The van der Waals surface area contributed by atoms with Gasteiger partial charge in [-0.2, -0.15) is 0 Å². The van der Waals surface area contributed by atoms with E-state index in [-0.39, 0.29) is 19.0 Å². The molecule has 0 spiro atoms. The van der Waals surface area contributed by atoms with E-state index in [9.17, 15) is 14.4 Å². The minimum absolute atomic E-state index is 0.0441. The molecule has 8 heteroatoms. The second kappa shape index (κ2) is 9.12. The molecule has 1 heterocycles. The zero-order valence-corrected chi connectivity index (χ0v) is 15.0. The molecule has 0 radical (unpaired) electrons. The van der Waals surface area contributed by atoms with Gasteiger partial charge in [-0.3, -0.25) is 19.3 Å². The number of carbonyl (C=O) groups excluding carboxylic acids is 3. The van der Waals surface area contributed by atoms with Gasteiger partial charge in [0.1, 0.15) is 18.0 Å². The Balaban J connectivity index is 2.13. The topological polar surface area (TPSA) is 94.2 Å². The molecule has 140 valence electrons. The summed E-state index contributed by atoms with van der Waals surface area (Å²) < 4.78 is 15.7. The molecule has 1 fully saturated rings. The highest BCUT2D eigenvalue weighted by molar-refractivity contribution is 6.12. The Bertz CT molecular complexity index is 728. The Labute approximate surface area is 151 Å². The average molecular weight is 362 g/mol. The van der Waals surface area contributed by atoms with Crippen molar-refractivity contribution in [3.63, 3.8) is 0 Å². The fraction of sp³-hybridized carbons (Fsp3) is 0.389. The van der Waals surface area contributed by atoms with E-state index in [4.69, 9.17) is 14.2 Å². The van der Waals surface area contributed by atoms with Crippen LogP contribution in [0.1, 0.15) is 18.1 Å². The number of imide groups is 1. The molecule has 0 saturated carbocycles. The van der Waals surface area contributed by atoms with Crippen LogP contribution in [-0.4, -0.2) is 56.3 Å². The number of hydrogen-bond donors (Lipinski definition) is 1. The summed E-state index contributed by atoms with van der Waals surface area (Å²) in [6.45, 7) is 3.82. The molecule has 1 aromatic rings. The monoisotopic (exact) mass is 362 g/mol. The molecule has 3 amide bonds. The van der Waals surface area contributed by atoms with Crippen molar-refractivity contribution in [2.45, 2.75) is 13.8 Å². The van der Waals surface area contributed by atoms with Crippen LogP contribution in [0.15, 0.2) is 23.9 Å². The molecule has 0 aliphatic carbocycles. The van der Waals surface area contributed by atoms with Crippen LogP contribution in [0, 0.1) is 6.92 Å². The molecular weight excluding hydrogens is 340 g/mol. The van der Waals surface area contributed by atoms with E-state index >= 15 is 0 Å². The van der Waals surface area contributed by atoms with Gasteiger partial charge in [0, 0.05) is 14.0 Å². The standard InChI is InChI=1S/C18H22N2O6/c1-12-4-5-14(9-16(12)26-11-25-7-6-24-3)8-15-18(23)20(13(2)21)10-17(22)19-15/h4-5,8-9H,6-7,10-11H2,1-3H3,(H,19,22)/b15-8+. The lowest BCUT2D eigenvalue weighted by molar-refractivity contribution is -0.147. The number of carbonyl (C=O) groups is 3. The van der Waals surface area contributed by atoms with Gasteiger partial charge in [-0.15, -0.1) is 0 Å². The van der Waals surface area contributed by atoms with E-state index in [1.807, 2.05) is 13.0 Å². The highest BCUT2D eigenvalue weighted by atomic mass is 16.7. The fourth-order valence-corrected chi connectivity index (χ4v) is 2.29. The van der Waals surface area contributed by atoms with Crippen LogP contribution in [0.2, 0.25) is 0 Å². The normalized spacial score (nSPS) is 16.0. The summed E-state index contributed by atoms with van der Waals surface area (Å²) in [5, 5.41) is 2.50. The van der Waals surface area contributed by atoms with Crippen LogP contribution in [-0.2, 0) is 23.9 Å². The van der Waals surface area contributed by atoms with E-state index in [1.165, 1.54) is 13.0 Å². The van der Waals surface area contributed by atoms with Crippen LogP contribution in [0.4, 0.5) is 0 Å². The molecule has 2 rings (SSSR count). The van der Waals surface area contributed by atoms with Gasteiger partial charge >= 0.3 is 0 Å². The number of amides is 3. The van der Waals surface area contributed by atoms with Crippen LogP contribution in [0.5, 0.6) is 5.75 Å². The first-order chi connectivity index (χ1) is 12.4. The third kappa shape index (κ3) is 5.14. The Morgan fingerprint density at radius 1 is 1.31 bits per heavy atom. The van der Waals surface area contributed by atoms with Gasteiger partial charge < -0.3 is 19.5 Å². The lowest BCUT2D eigenvalue weighted by Crippen LogP contribution is -2.51. The van der Waals surface area contributed by atoms with Crippen molar-refractivity contribution >= 4 is 23.8 Å². The first-order valence-corrected chi connectivity index (χ1v) is 8.06. The van der Waals surface area contributed by atoms with Gasteiger partial charge in [0.25, 0.3) is 5.91 Å². The number of piperazine rings is 1. The SMILES string of the molecule is COCCOCOc1cc(/C=C2/NC(=O)CN(C(C)=O)C2=O)ccc1C. The molecule has 1 aromatic carbocycles. The highest BCUT2D eigenvalue weighted by Crippen LogP contribution is 2.22. The lowest BCUT2D eigenvalue weighted by Gasteiger charge is -2.25. The van der Waals surface area contributed by atoms with Crippen molar-refractivity contribution in [2.75, 3.05) is 33.7 Å². The summed E-state index contributed by atoms with van der Waals surface area (Å²) >= 11 is 0. The number of nitrogens with one attached hydrogen (secondary N) is 1. The predicted molar refractivity (Wildman–Crippen MR) is 93.0 cm³/mol. The van der Waals surface area contributed by atoms with Crippen LogP contribution in [0.3, 0.4) is 0 Å². The molecule has 1 N–H and O–H groups in total. The maximum absolute atomic E-state index is 12.3. The Morgan fingerprint density at radius 2 is 2.08 bits per heavy atom. The Kier molecular flexibility index (Phi) is 6.88. The third-order valence-electron chi connectivity index (χ3n) is 3.68. The number of rotatable bonds is 7. The smallest absolute Gasteiger partial charge is 0.277 e. The number of methoxy groups -OCH3 is 1. The average Bonchev–Trinajstić information content (AvgIpc) is 2.60. The zero-order valence-electron chi connectivity index (χ0n) is 15.0. The molecule has 1 saturated heterocycles. The number of ether oxygens (including phenoxy) is 3. The summed E-state index contributed by atoms with van der Waals surface area (Å²) in [5.74, 6) is -0.837. The summed E-state index contributed by atoms with van der Waals surface area (Å²) in [6, 6.07) is 5.34. The van der Waals surface area contributed by atoms with E-state index < -0.39 is 17.7 Å². The van der Waals surface area contributed by atoms with Crippen molar-refractivity contribution in [3.05, 3.63) is 35.0 Å². The Hall–Kier alpha value is -2.71. The summed E-state index contributed by atoms with van der Waals surface area (Å²) in [5.41, 5.74) is 1.59. The first-order valence-electron chi connectivity index (χ1n) is 8.06. The fourth-order valence-electron chi connectivity index (χ4n) is 2.29. The summed E-state index contributed by atoms with van der Waals surface area (Å²) in [7, 11) is 1.59. The second-order valence-corrected chi connectivity index (χ2v) is 5.70. The summed E-state index contributed by atoms with van der Waals surface area (Å²) in [6.07, 6.45) is 1.51. The Morgan fingerprint density at radius 3 is 2.77 bits per heavy atom. The number of hydrogen-bond acceptors (Lipinski definition) is 6. The largest absolute Gasteiger partial charge is 0.467 e. The number of benzene rings is 1. The van der Waals surface area contributed by atoms with Crippen molar-refractivity contribution in [1.29, 1.82) is 0 Å². The molecule has 8 nitrogen and oxygen atoms in total. The maximum atomic E-state index is 12.3. The molecular formula is C18H22N2O6. The quantitative estimate of drug-likeness (QED) is 0.439. The molecule has 0 atom stereocenters. The van der Waals surface area contributed by atoms with Gasteiger partial charge in [0.05, 0.1) is 13.2 Å². The van der Waals surface area contributed by atoms with Gasteiger partial charge in [0.2, 0.25) is 11.8 Å². The number of aryl methyl sites for hydroxylation is 1. The maximum Gasteiger partial charge on any atom is 0.277 e. The van der Waals surface area contributed by atoms with Crippen molar-refractivity contribution in [2.24, 2.45) is 0 Å². The lowest BCUT2D eigenvalue weighted by atomic mass is 10.1. The van der Waals surface area contributed by atoms with E-state index in [1.54, 1.807) is 19.2 Å². The highest BCUT2D eigenvalue weighted by Gasteiger charge is 2.30. The molecule has 26 heavy (non-hydrogen) atoms. The molecule has 1 aliphatic rings. The zero-order chi connectivity index (χ0) is 19.1. The van der Waals surface area contributed by atoms with Crippen molar-refractivity contribution in [1.82, 2.24) is 10.2 Å². The van der Waals surface area contributed by atoms with Crippen molar-refractivity contribution < 1.29 is 28.6 Å². The van der Waals surface area contributed by atoms with E-state index in [0.29, 0.717) is 24.5 Å². The third-order valence-corrected chi connectivity index (χ3v) is 3.68. The van der Waals surface area contributed by atoms with Crippen molar-refractivity contribution in [3.8, 4) is 5.75 Å². The molecule has 0 bridgehead atoms. The summed E-state index contributed by atoms with van der Waals surface area (Å²) in [4.78, 5) is 36.4. The molecule has 0 unspecified atom stereocenters.